The highest BCUT2D eigenvalue weighted by molar-refractivity contribution is 6.03. The molecule has 1 aromatic heterocycles. The van der Waals surface area contributed by atoms with Crippen molar-refractivity contribution in [2.75, 3.05) is 24.3 Å². The number of benzene rings is 2. The summed E-state index contributed by atoms with van der Waals surface area (Å²) in [7, 11) is 1.64. The first-order valence-corrected chi connectivity index (χ1v) is 8.40. The van der Waals surface area contributed by atoms with Gasteiger partial charge in [-0.1, -0.05) is 24.3 Å². The van der Waals surface area contributed by atoms with E-state index in [9.17, 15) is 9.18 Å². The number of hydrogen-bond donors (Lipinski definition) is 2. The van der Waals surface area contributed by atoms with Crippen molar-refractivity contribution >= 4 is 17.5 Å². The normalized spacial score (nSPS) is 10.3. The zero-order valence-electron chi connectivity index (χ0n) is 14.8. The van der Waals surface area contributed by atoms with Crippen LogP contribution in [0.25, 0.3) is 0 Å². The van der Waals surface area contributed by atoms with Crippen molar-refractivity contribution in [2.45, 2.75) is 6.42 Å². The SMILES string of the molecule is COc1ccccc1CCNc1ncc(C(=O)Nc2cccc(F)c2)cn1. The molecule has 2 N–H and O–H groups in total. The molecule has 0 aliphatic carbocycles. The number of halogens is 1. The number of ether oxygens (including phenoxy) is 1. The van der Waals surface area contributed by atoms with Crippen LogP contribution in [-0.2, 0) is 6.42 Å². The van der Waals surface area contributed by atoms with Crippen molar-refractivity contribution in [3.63, 3.8) is 0 Å². The third-order valence-corrected chi connectivity index (χ3v) is 3.87. The molecule has 3 aromatic rings. The van der Waals surface area contributed by atoms with Crippen molar-refractivity contribution in [1.29, 1.82) is 0 Å². The highest BCUT2D eigenvalue weighted by Crippen LogP contribution is 2.17. The molecule has 0 aliphatic rings. The van der Waals surface area contributed by atoms with Crippen LogP contribution in [0.15, 0.2) is 60.9 Å². The quantitative estimate of drug-likeness (QED) is 0.669. The van der Waals surface area contributed by atoms with Crippen LogP contribution >= 0.6 is 0 Å². The highest BCUT2D eigenvalue weighted by atomic mass is 19.1. The third-order valence-electron chi connectivity index (χ3n) is 3.87. The molecule has 1 heterocycles. The van der Waals surface area contributed by atoms with Gasteiger partial charge in [-0.2, -0.15) is 0 Å². The van der Waals surface area contributed by atoms with Gasteiger partial charge in [0.2, 0.25) is 5.95 Å². The van der Waals surface area contributed by atoms with Gasteiger partial charge >= 0.3 is 0 Å². The van der Waals surface area contributed by atoms with E-state index in [0.29, 0.717) is 18.2 Å². The Morgan fingerprint density at radius 1 is 1.11 bits per heavy atom. The van der Waals surface area contributed by atoms with Crippen LogP contribution in [0.3, 0.4) is 0 Å². The Bertz CT molecular complexity index is 916. The summed E-state index contributed by atoms with van der Waals surface area (Å²) in [6.45, 7) is 0.620. The molecule has 7 heteroatoms. The standard InChI is InChI=1S/C20H19FN4O2/c1-27-18-8-3-2-5-14(18)9-10-22-20-23-12-15(13-24-20)19(26)25-17-7-4-6-16(21)11-17/h2-8,11-13H,9-10H2,1H3,(H,25,26)(H,22,23,24). The first kappa shape index (κ1) is 18.3. The fraction of sp³-hybridized carbons (Fsp3) is 0.150. The number of carbonyl (C=O) groups excluding carboxylic acids is 1. The molecule has 0 bridgehead atoms. The maximum Gasteiger partial charge on any atom is 0.258 e. The molecule has 2 aromatic carbocycles. The van der Waals surface area contributed by atoms with Crippen LogP contribution < -0.4 is 15.4 Å². The van der Waals surface area contributed by atoms with Crippen molar-refractivity contribution in [3.8, 4) is 5.75 Å². The maximum absolute atomic E-state index is 13.2. The molecular formula is C20H19FN4O2. The highest BCUT2D eigenvalue weighted by Gasteiger charge is 2.08. The van der Waals surface area contributed by atoms with Crippen LogP contribution in [0.5, 0.6) is 5.75 Å². The molecule has 27 heavy (non-hydrogen) atoms. The Morgan fingerprint density at radius 3 is 2.63 bits per heavy atom. The molecule has 0 unspecified atom stereocenters. The minimum absolute atomic E-state index is 0.287. The number of anilines is 2. The van der Waals surface area contributed by atoms with Crippen LogP contribution in [0.1, 0.15) is 15.9 Å². The molecule has 3 rings (SSSR count). The molecule has 138 valence electrons. The monoisotopic (exact) mass is 366 g/mol. The van der Waals surface area contributed by atoms with E-state index in [1.54, 1.807) is 13.2 Å². The third kappa shape index (κ3) is 5.01. The summed E-state index contributed by atoms with van der Waals surface area (Å²) in [6, 6.07) is 13.5. The van der Waals surface area contributed by atoms with Gasteiger partial charge < -0.3 is 15.4 Å². The minimum atomic E-state index is -0.418. The Hall–Kier alpha value is -3.48. The lowest BCUT2D eigenvalue weighted by molar-refractivity contribution is 0.102. The second-order valence-corrected chi connectivity index (χ2v) is 5.75. The van der Waals surface area contributed by atoms with Gasteiger partial charge in [-0.25, -0.2) is 14.4 Å². The van der Waals surface area contributed by atoms with E-state index in [1.807, 2.05) is 24.3 Å². The smallest absolute Gasteiger partial charge is 0.258 e. The fourth-order valence-corrected chi connectivity index (χ4v) is 2.52. The number of nitrogens with zero attached hydrogens (tertiary/aromatic N) is 2. The van der Waals surface area contributed by atoms with Gasteiger partial charge in [-0.15, -0.1) is 0 Å². The molecular weight excluding hydrogens is 347 g/mol. The van der Waals surface area contributed by atoms with Crippen LogP contribution in [0.2, 0.25) is 0 Å². The first-order valence-electron chi connectivity index (χ1n) is 8.40. The second-order valence-electron chi connectivity index (χ2n) is 5.75. The number of rotatable bonds is 7. The molecule has 0 fully saturated rings. The van der Waals surface area contributed by atoms with Crippen molar-refractivity contribution in [3.05, 3.63) is 77.9 Å². The molecule has 0 saturated carbocycles. The summed E-state index contributed by atoms with van der Waals surface area (Å²) < 4.78 is 18.5. The molecule has 6 nitrogen and oxygen atoms in total. The predicted octanol–water partition coefficient (Wildman–Crippen LogP) is 3.53. The van der Waals surface area contributed by atoms with E-state index in [-0.39, 0.29) is 5.56 Å². The van der Waals surface area contributed by atoms with Crippen molar-refractivity contribution in [2.24, 2.45) is 0 Å². The van der Waals surface area contributed by atoms with E-state index in [4.69, 9.17) is 4.74 Å². The molecule has 0 aliphatic heterocycles. The molecule has 0 spiro atoms. The average Bonchev–Trinajstić information content (AvgIpc) is 2.69. The number of para-hydroxylation sites is 1. The van der Waals surface area contributed by atoms with Gasteiger partial charge in [0.25, 0.3) is 5.91 Å². The summed E-state index contributed by atoms with van der Waals surface area (Å²) in [4.78, 5) is 20.4. The maximum atomic E-state index is 13.2. The molecule has 0 saturated heterocycles. The minimum Gasteiger partial charge on any atom is -0.496 e. The van der Waals surface area contributed by atoms with Crippen LogP contribution in [0, 0.1) is 5.82 Å². The lowest BCUT2D eigenvalue weighted by Crippen LogP contribution is -2.14. The Morgan fingerprint density at radius 2 is 1.89 bits per heavy atom. The molecule has 0 atom stereocenters. The zero-order valence-corrected chi connectivity index (χ0v) is 14.8. The second kappa shape index (κ2) is 8.75. The predicted molar refractivity (Wildman–Crippen MR) is 102 cm³/mol. The summed E-state index contributed by atoms with van der Waals surface area (Å²) in [5.74, 6) is 0.441. The lowest BCUT2D eigenvalue weighted by Gasteiger charge is -2.09. The van der Waals surface area contributed by atoms with Gasteiger partial charge in [0.1, 0.15) is 11.6 Å². The summed E-state index contributed by atoms with van der Waals surface area (Å²) >= 11 is 0. The van der Waals surface area contributed by atoms with Gasteiger partial charge in [-0.05, 0) is 36.2 Å². The Labute approximate surface area is 156 Å². The summed E-state index contributed by atoms with van der Waals surface area (Å²) in [6.07, 6.45) is 3.59. The van der Waals surface area contributed by atoms with Gasteiger partial charge in [0.05, 0.1) is 12.7 Å². The van der Waals surface area contributed by atoms with Crippen molar-refractivity contribution in [1.82, 2.24) is 9.97 Å². The number of aromatic nitrogens is 2. The number of amides is 1. The molecule has 1 amide bonds. The summed E-state index contributed by atoms with van der Waals surface area (Å²) in [5.41, 5.74) is 1.74. The number of hydrogen-bond acceptors (Lipinski definition) is 5. The molecule has 0 radical (unpaired) electrons. The van der Waals surface area contributed by atoms with E-state index in [0.717, 1.165) is 17.7 Å². The number of carbonyl (C=O) groups is 1. The van der Waals surface area contributed by atoms with E-state index in [2.05, 4.69) is 20.6 Å². The van der Waals surface area contributed by atoms with E-state index < -0.39 is 11.7 Å². The van der Waals surface area contributed by atoms with Gasteiger partial charge in [-0.3, -0.25) is 4.79 Å². The van der Waals surface area contributed by atoms with E-state index >= 15 is 0 Å². The van der Waals surface area contributed by atoms with Gasteiger partial charge in [0.15, 0.2) is 0 Å². The Balaban J connectivity index is 1.54. The van der Waals surface area contributed by atoms with Crippen molar-refractivity contribution < 1.29 is 13.9 Å². The first-order chi connectivity index (χ1) is 13.2. The Kier molecular flexibility index (Phi) is 5.94. The fourth-order valence-electron chi connectivity index (χ4n) is 2.52. The largest absolute Gasteiger partial charge is 0.496 e. The topological polar surface area (TPSA) is 76.1 Å². The number of methoxy groups -OCH3 is 1. The van der Waals surface area contributed by atoms with Gasteiger partial charge in [0, 0.05) is 24.6 Å². The zero-order chi connectivity index (χ0) is 19.1. The lowest BCUT2D eigenvalue weighted by atomic mass is 10.1. The van der Waals surface area contributed by atoms with E-state index in [1.165, 1.54) is 30.6 Å². The number of nitrogens with one attached hydrogen (secondary N) is 2. The van der Waals surface area contributed by atoms with Crippen LogP contribution in [0.4, 0.5) is 16.0 Å². The average molecular weight is 366 g/mol. The summed E-state index contributed by atoms with van der Waals surface area (Å²) in [5, 5.41) is 5.71. The van der Waals surface area contributed by atoms with Crippen LogP contribution in [-0.4, -0.2) is 29.5 Å².